The number of hydrogen-bond acceptors (Lipinski definition) is 5. The van der Waals surface area contributed by atoms with E-state index in [4.69, 9.17) is 17.0 Å². The van der Waals surface area contributed by atoms with Crippen LogP contribution in [0.4, 0.5) is 0 Å². The number of thiocarbonyl (C=S) groups is 1. The summed E-state index contributed by atoms with van der Waals surface area (Å²) in [5.41, 5.74) is 2.96. The first-order chi connectivity index (χ1) is 13.6. The van der Waals surface area contributed by atoms with Gasteiger partial charge in [0.15, 0.2) is 0 Å². The fourth-order valence-corrected chi connectivity index (χ4v) is 5.63. The number of benzene rings is 2. The Morgan fingerprint density at radius 1 is 1.07 bits per heavy atom. The highest BCUT2D eigenvalue weighted by atomic mass is 32.2. The summed E-state index contributed by atoms with van der Waals surface area (Å²) in [5, 5.41) is 2.00. The van der Waals surface area contributed by atoms with Gasteiger partial charge in [0, 0.05) is 16.0 Å². The summed E-state index contributed by atoms with van der Waals surface area (Å²) in [6.07, 6.45) is 1.92. The van der Waals surface area contributed by atoms with E-state index in [1.165, 1.54) is 11.8 Å². The van der Waals surface area contributed by atoms with E-state index in [0.717, 1.165) is 33.1 Å². The molecule has 28 heavy (non-hydrogen) atoms. The number of thiophene rings is 1. The summed E-state index contributed by atoms with van der Waals surface area (Å²) >= 11 is 8.62. The third kappa shape index (κ3) is 2.80. The van der Waals surface area contributed by atoms with Crippen LogP contribution in [0.1, 0.15) is 27.6 Å². The van der Waals surface area contributed by atoms with Gasteiger partial charge < -0.3 is 4.74 Å². The van der Waals surface area contributed by atoms with Gasteiger partial charge in [0.05, 0.1) is 10.9 Å². The van der Waals surface area contributed by atoms with Crippen molar-refractivity contribution in [1.82, 2.24) is 4.90 Å². The second-order valence-corrected chi connectivity index (χ2v) is 9.26. The molecule has 2 aromatic carbocycles. The molecule has 1 unspecified atom stereocenters. The summed E-state index contributed by atoms with van der Waals surface area (Å²) in [7, 11) is 0. The fourth-order valence-electron chi connectivity index (χ4n) is 3.59. The Morgan fingerprint density at radius 2 is 1.89 bits per heavy atom. The molecule has 3 nitrogen and oxygen atoms in total. The van der Waals surface area contributed by atoms with Crippen LogP contribution < -0.4 is 4.74 Å². The second-order valence-electron chi connectivity index (χ2n) is 6.60. The molecule has 5 rings (SSSR count). The smallest absolute Gasteiger partial charge is 0.267 e. The molecule has 2 aliphatic rings. The highest BCUT2D eigenvalue weighted by Gasteiger charge is 2.42. The molecular weight excluding hydrogens is 406 g/mol. The largest absolute Gasteiger partial charge is 0.456 e. The topological polar surface area (TPSA) is 29.5 Å². The van der Waals surface area contributed by atoms with Gasteiger partial charge in [-0.1, -0.05) is 66.4 Å². The number of fused-ring (bicyclic) bond motifs is 2. The lowest BCUT2D eigenvalue weighted by Crippen LogP contribution is -2.35. The van der Waals surface area contributed by atoms with Gasteiger partial charge in [-0.25, -0.2) is 0 Å². The Kier molecular flexibility index (Phi) is 4.34. The Labute approximate surface area is 176 Å². The maximum Gasteiger partial charge on any atom is 0.267 e. The number of para-hydroxylation sites is 2. The molecule has 3 aromatic rings. The maximum absolute atomic E-state index is 13.4. The van der Waals surface area contributed by atoms with Gasteiger partial charge in [-0.05, 0) is 36.1 Å². The van der Waals surface area contributed by atoms with Crippen LogP contribution in [0.5, 0.6) is 11.5 Å². The van der Waals surface area contributed by atoms with Crippen molar-refractivity contribution >= 4 is 51.6 Å². The first kappa shape index (κ1) is 17.7. The minimum Gasteiger partial charge on any atom is -0.456 e. The lowest BCUT2D eigenvalue weighted by atomic mass is 9.92. The van der Waals surface area contributed by atoms with Gasteiger partial charge >= 0.3 is 0 Å². The second kappa shape index (κ2) is 6.88. The molecule has 6 heteroatoms. The molecule has 0 N–H and O–H groups in total. The molecule has 3 heterocycles. The Hall–Kier alpha value is -2.41. The maximum atomic E-state index is 13.4. The van der Waals surface area contributed by atoms with E-state index in [1.807, 2.05) is 73.0 Å². The zero-order valence-electron chi connectivity index (χ0n) is 14.9. The molecule has 0 aliphatic carbocycles. The van der Waals surface area contributed by atoms with Crippen LogP contribution in [0, 0.1) is 6.92 Å². The van der Waals surface area contributed by atoms with Crippen molar-refractivity contribution in [2.45, 2.75) is 13.0 Å². The molecule has 0 saturated carbocycles. The molecule has 1 amide bonds. The summed E-state index contributed by atoms with van der Waals surface area (Å²) in [6.45, 7) is 2.02. The number of hydrogen-bond donors (Lipinski definition) is 0. The molecular formula is C22H15NO2S3. The van der Waals surface area contributed by atoms with Crippen LogP contribution >= 0.6 is 35.3 Å². The minimum atomic E-state index is -0.290. The van der Waals surface area contributed by atoms with Crippen LogP contribution in [0.2, 0.25) is 0 Å². The Balaban J connectivity index is 1.64. The highest BCUT2D eigenvalue weighted by Crippen LogP contribution is 2.50. The quantitative estimate of drug-likeness (QED) is 0.366. The lowest BCUT2D eigenvalue weighted by Gasteiger charge is -2.34. The monoisotopic (exact) mass is 421 g/mol. The van der Waals surface area contributed by atoms with Crippen molar-refractivity contribution in [3.63, 3.8) is 0 Å². The molecule has 0 bridgehead atoms. The number of aryl methyl sites for hydroxylation is 1. The van der Waals surface area contributed by atoms with E-state index >= 15 is 0 Å². The van der Waals surface area contributed by atoms with Gasteiger partial charge in [0.25, 0.3) is 5.91 Å². The first-order valence-corrected chi connectivity index (χ1v) is 10.9. The number of amides is 1. The average molecular weight is 422 g/mol. The SMILES string of the molecule is Cc1cccc2c1Oc1ccccc1C2N1C(=O)C(=Cc2cccs2)SC1=S. The predicted molar refractivity (Wildman–Crippen MR) is 119 cm³/mol. The molecule has 1 saturated heterocycles. The summed E-state index contributed by atoms with van der Waals surface area (Å²) in [4.78, 5) is 16.8. The third-order valence-electron chi connectivity index (χ3n) is 4.86. The van der Waals surface area contributed by atoms with Gasteiger partial charge in [0.2, 0.25) is 0 Å². The van der Waals surface area contributed by atoms with Gasteiger partial charge in [-0.2, -0.15) is 0 Å². The van der Waals surface area contributed by atoms with Crippen LogP contribution in [-0.2, 0) is 4.79 Å². The van der Waals surface area contributed by atoms with Crippen molar-refractivity contribution in [2.75, 3.05) is 0 Å². The summed E-state index contributed by atoms with van der Waals surface area (Å²) in [5.74, 6) is 1.52. The molecule has 138 valence electrons. The Bertz CT molecular complexity index is 1130. The number of ether oxygens (including phenoxy) is 1. The van der Waals surface area contributed by atoms with Crippen molar-refractivity contribution < 1.29 is 9.53 Å². The predicted octanol–water partition coefficient (Wildman–Crippen LogP) is 6.15. The molecule has 0 spiro atoms. The third-order valence-corrected chi connectivity index (χ3v) is 7.01. The number of carbonyl (C=O) groups excluding carboxylic acids is 1. The van der Waals surface area contributed by atoms with Gasteiger partial charge in [-0.3, -0.25) is 9.69 Å². The Morgan fingerprint density at radius 3 is 2.71 bits per heavy atom. The number of carbonyl (C=O) groups is 1. The van der Waals surface area contributed by atoms with Crippen molar-refractivity contribution in [1.29, 1.82) is 0 Å². The standard InChI is InChI=1S/C22H15NO2S3/c1-13-6-4-9-16-19(15-8-2-3-10-17(15)25-20(13)16)23-21(24)18(28-22(23)26)12-14-7-5-11-27-14/h2-12,19H,1H3. The number of rotatable bonds is 2. The number of thioether (sulfide) groups is 1. The van der Waals surface area contributed by atoms with E-state index in [-0.39, 0.29) is 11.9 Å². The molecule has 1 aromatic heterocycles. The van der Waals surface area contributed by atoms with Gasteiger partial charge in [0.1, 0.15) is 15.8 Å². The van der Waals surface area contributed by atoms with Crippen molar-refractivity contribution in [3.8, 4) is 11.5 Å². The van der Waals surface area contributed by atoms with Crippen LogP contribution in [0.3, 0.4) is 0 Å². The minimum absolute atomic E-state index is 0.0578. The first-order valence-electron chi connectivity index (χ1n) is 8.80. The molecule has 0 radical (unpaired) electrons. The zero-order valence-corrected chi connectivity index (χ0v) is 17.4. The molecule has 1 fully saturated rings. The molecule has 2 aliphatic heterocycles. The normalized spacial score (nSPS) is 19.5. The van der Waals surface area contributed by atoms with Crippen LogP contribution in [0.25, 0.3) is 6.08 Å². The highest BCUT2D eigenvalue weighted by molar-refractivity contribution is 8.26. The van der Waals surface area contributed by atoms with Crippen LogP contribution in [-0.4, -0.2) is 15.1 Å². The van der Waals surface area contributed by atoms with E-state index in [0.29, 0.717) is 9.23 Å². The van der Waals surface area contributed by atoms with Gasteiger partial charge in [-0.15, -0.1) is 11.3 Å². The summed E-state index contributed by atoms with van der Waals surface area (Å²) in [6, 6.07) is 17.6. The fraction of sp³-hybridized carbons (Fsp3) is 0.0909. The van der Waals surface area contributed by atoms with E-state index < -0.39 is 0 Å². The zero-order chi connectivity index (χ0) is 19.3. The van der Waals surface area contributed by atoms with Crippen molar-refractivity contribution in [2.24, 2.45) is 0 Å². The molecule has 1 atom stereocenters. The lowest BCUT2D eigenvalue weighted by molar-refractivity contribution is -0.123. The average Bonchev–Trinajstić information content (AvgIpc) is 3.30. The van der Waals surface area contributed by atoms with Crippen molar-refractivity contribution in [3.05, 3.63) is 86.5 Å². The van der Waals surface area contributed by atoms with E-state index in [9.17, 15) is 4.79 Å². The van der Waals surface area contributed by atoms with Crippen LogP contribution in [0.15, 0.2) is 64.9 Å². The van der Waals surface area contributed by atoms with E-state index in [2.05, 4.69) is 0 Å². The number of nitrogens with zero attached hydrogens (tertiary/aromatic N) is 1. The summed E-state index contributed by atoms with van der Waals surface area (Å²) < 4.78 is 6.75. The van der Waals surface area contributed by atoms with E-state index in [1.54, 1.807) is 16.2 Å².